The smallest absolute Gasteiger partial charge is 0.407 e. The summed E-state index contributed by atoms with van der Waals surface area (Å²) in [4.78, 5) is 11.3. The number of ether oxygens (including phenoxy) is 1. The minimum absolute atomic E-state index is 0.361. The normalized spacial score (nSPS) is 9.67. The minimum Gasteiger partial charge on any atom is -0.449 e. The van der Waals surface area contributed by atoms with Gasteiger partial charge in [0.2, 0.25) is 0 Å². The second-order valence-corrected chi connectivity index (χ2v) is 4.91. The van der Waals surface area contributed by atoms with E-state index in [1.165, 1.54) is 11.1 Å². The van der Waals surface area contributed by atoms with Crippen LogP contribution in [0.15, 0.2) is 41.3 Å². The summed E-state index contributed by atoms with van der Waals surface area (Å²) in [6.45, 7) is 4.44. The third kappa shape index (κ3) is 7.01. The number of amides is 1. The van der Waals surface area contributed by atoms with Crippen LogP contribution < -0.4 is 5.32 Å². The number of thioether (sulfide) groups is 1. The molecule has 0 radical (unpaired) electrons. The second-order valence-electron chi connectivity index (χ2n) is 4.05. The Bertz CT molecular complexity index is 386. The van der Waals surface area contributed by atoms with E-state index in [-0.39, 0.29) is 6.09 Å². The summed E-state index contributed by atoms with van der Waals surface area (Å²) in [6.07, 6.45) is 0.385. The molecule has 0 aliphatic carbocycles. The topological polar surface area (TPSA) is 38.3 Å². The van der Waals surface area contributed by atoms with E-state index in [4.69, 9.17) is 4.74 Å². The van der Waals surface area contributed by atoms with Crippen LogP contribution in [-0.4, -0.2) is 18.6 Å². The summed E-state index contributed by atoms with van der Waals surface area (Å²) in [5.74, 6) is 0.537. The fourth-order valence-corrected chi connectivity index (χ4v) is 1.88. The van der Waals surface area contributed by atoms with Crippen LogP contribution in [0.4, 0.5) is 4.79 Å². The largest absolute Gasteiger partial charge is 0.449 e. The zero-order chi connectivity index (χ0) is 13.2. The molecule has 4 heteroatoms. The molecule has 0 fully saturated rings. The molecule has 0 atom stereocenters. The van der Waals surface area contributed by atoms with Crippen molar-refractivity contribution in [3.05, 3.63) is 46.9 Å². The summed E-state index contributed by atoms with van der Waals surface area (Å²) in [5, 5.41) is 4.69. The fraction of sp³-hybridized carbons (Fsp3) is 0.357. The Balaban J connectivity index is 2.09. The van der Waals surface area contributed by atoms with E-state index in [1.807, 2.05) is 49.6 Å². The van der Waals surface area contributed by atoms with Gasteiger partial charge in [-0.05, 0) is 24.8 Å². The van der Waals surface area contributed by atoms with Crippen LogP contribution in [0.25, 0.3) is 0 Å². The third-order valence-corrected chi connectivity index (χ3v) is 3.03. The van der Waals surface area contributed by atoms with Gasteiger partial charge < -0.3 is 10.1 Å². The maximum absolute atomic E-state index is 11.3. The first-order valence-electron chi connectivity index (χ1n) is 5.88. The Hall–Kier alpha value is -1.42. The zero-order valence-corrected chi connectivity index (χ0v) is 11.6. The van der Waals surface area contributed by atoms with Gasteiger partial charge in [0.05, 0.1) is 12.5 Å². The molecular weight excluding hydrogens is 246 g/mol. The van der Waals surface area contributed by atoms with Crippen molar-refractivity contribution in [3.63, 3.8) is 0 Å². The Morgan fingerprint density at radius 2 is 2.06 bits per heavy atom. The molecule has 1 amide bonds. The Morgan fingerprint density at radius 1 is 1.33 bits per heavy atom. The molecule has 0 aromatic heterocycles. The molecular formula is C14H19NO2S. The molecule has 98 valence electrons. The molecule has 1 N–H and O–H groups in total. The Labute approximate surface area is 113 Å². The minimum atomic E-state index is -0.361. The lowest BCUT2D eigenvalue weighted by Crippen LogP contribution is -2.24. The predicted molar refractivity (Wildman–Crippen MR) is 76.5 cm³/mol. The van der Waals surface area contributed by atoms with Crippen molar-refractivity contribution in [2.24, 2.45) is 0 Å². The van der Waals surface area contributed by atoms with Gasteiger partial charge in [0.15, 0.2) is 0 Å². The maximum Gasteiger partial charge on any atom is 0.407 e. The van der Waals surface area contributed by atoms with Gasteiger partial charge in [-0.3, -0.25) is 0 Å². The first-order chi connectivity index (χ1) is 8.68. The van der Waals surface area contributed by atoms with E-state index in [2.05, 4.69) is 5.32 Å². The molecule has 0 unspecified atom stereocenters. The number of carbonyl (C=O) groups excluding carboxylic acids is 1. The highest BCUT2D eigenvalue weighted by Crippen LogP contribution is 2.04. The third-order valence-electron chi connectivity index (χ3n) is 2.09. The van der Waals surface area contributed by atoms with Crippen molar-refractivity contribution in [1.82, 2.24) is 5.32 Å². The molecule has 0 saturated carbocycles. The number of allylic oxidation sites excluding steroid dienone is 1. The van der Waals surface area contributed by atoms with Gasteiger partial charge >= 0.3 is 6.09 Å². The average molecular weight is 265 g/mol. The quantitative estimate of drug-likeness (QED) is 0.631. The van der Waals surface area contributed by atoms with E-state index >= 15 is 0 Å². The van der Waals surface area contributed by atoms with Crippen LogP contribution in [0.1, 0.15) is 19.4 Å². The Kier molecular flexibility index (Phi) is 7.03. The van der Waals surface area contributed by atoms with Crippen molar-refractivity contribution in [2.45, 2.75) is 20.3 Å². The van der Waals surface area contributed by atoms with Gasteiger partial charge in [-0.15, -0.1) is 11.8 Å². The zero-order valence-electron chi connectivity index (χ0n) is 10.8. The monoisotopic (exact) mass is 265 g/mol. The molecule has 1 aromatic rings. The highest BCUT2D eigenvalue weighted by Gasteiger charge is 2.00. The van der Waals surface area contributed by atoms with Crippen molar-refractivity contribution in [1.29, 1.82) is 0 Å². The molecule has 1 aromatic carbocycles. The Morgan fingerprint density at radius 3 is 2.72 bits per heavy atom. The van der Waals surface area contributed by atoms with Crippen molar-refractivity contribution >= 4 is 17.9 Å². The maximum atomic E-state index is 11.3. The number of hydrogen-bond acceptors (Lipinski definition) is 3. The van der Waals surface area contributed by atoms with Gasteiger partial charge in [-0.1, -0.05) is 35.9 Å². The first-order valence-corrected chi connectivity index (χ1v) is 6.93. The van der Waals surface area contributed by atoms with Crippen molar-refractivity contribution in [2.75, 3.05) is 12.5 Å². The molecule has 3 nitrogen and oxygen atoms in total. The van der Waals surface area contributed by atoms with Gasteiger partial charge in [0.25, 0.3) is 0 Å². The summed E-state index contributed by atoms with van der Waals surface area (Å²) in [7, 11) is 0. The summed E-state index contributed by atoms with van der Waals surface area (Å²) >= 11 is 1.55. The summed E-state index contributed by atoms with van der Waals surface area (Å²) in [5.41, 5.74) is 2.39. The SMILES string of the molecule is CC(C)=CSCNC(=O)OCCc1ccccc1. The number of carbonyl (C=O) groups is 1. The predicted octanol–water partition coefficient (Wildman–Crippen LogP) is 3.57. The van der Waals surface area contributed by atoms with Crippen LogP contribution in [0.2, 0.25) is 0 Å². The lowest BCUT2D eigenvalue weighted by atomic mass is 10.2. The van der Waals surface area contributed by atoms with E-state index < -0.39 is 0 Å². The molecule has 0 aliphatic rings. The second kappa shape index (κ2) is 8.64. The fourth-order valence-electron chi connectivity index (χ4n) is 1.27. The number of rotatable bonds is 6. The van der Waals surface area contributed by atoms with Gasteiger partial charge in [0, 0.05) is 6.42 Å². The number of alkyl carbamates (subject to hydrolysis) is 1. The number of nitrogens with one attached hydrogen (secondary N) is 1. The molecule has 1 rings (SSSR count). The van der Waals surface area contributed by atoms with Crippen LogP contribution in [0, 0.1) is 0 Å². The number of benzene rings is 1. The van der Waals surface area contributed by atoms with Crippen LogP contribution >= 0.6 is 11.8 Å². The average Bonchev–Trinajstić information content (AvgIpc) is 2.36. The van der Waals surface area contributed by atoms with E-state index in [1.54, 1.807) is 11.8 Å². The molecule has 18 heavy (non-hydrogen) atoms. The van der Waals surface area contributed by atoms with E-state index in [9.17, 15) is 4.79 Å². The van der Waals surface area contributed by atoms with Crippen molar-refractivity contribution in [3.8, 4) is 0 Å². The highest BCUT2D eigenvalue weighted by molar-refractivity contribution is 8.02. The molecule has 0 aliphatic heterocycles. The molecule has 0 saturated heterocycles. The summed E-state index contributed by atoms with van der Waals surface area (Å²) < 4.78 is 5.07. The standard InChI is InChI=1S/C14H19NO2S/c1-12(2)10-18-11-15-14(16)17-9-8-13-6-4-3-5-7-13/h3-7,10H,8-9,11H2,1-2H3,(H,15,16). The number of hydrogen-bond donors (Lipinski definition) is 1. The first kappa shape index (κ1) is 14.6. The summed E-state index contributed by atoms with van der Waals surface area (Å²) in [6, 6.07) is 9.96. The molecule has 0 heterocycles. The lowest BCUT2D eigenvalue weighted by Gasteiger charge is -2.06. The highest BCUT2D eigenvalue weighted by atomic mass is 32.2. The van der Waals surface area contributed by atoms with Crippen LogP contribution in [0.5, 0.6) is 0 Å². The molecule has 0 bridgehead atoms. The molecule has 0 spiro atoms. The van der Waals surface area contributed by atoms with Crippen LogP contribution in [0.3, 0.4) is 0 Å². The van der Waals surface area contributed by atoms with E-state index in [0.717, 1.165) is 6.42 Å². The van der Waals surface area contributed by atoms with Crippen molar-refractivity contribution < 1.29 is 9.53 Å². The van der Waals surface area contributed by atoms with Crippen LogP contribution in [-0.2, 0) is 11.2 Å². The van der Waals surface area contributed by atoms with E-state index in [0.29, 0.717) is 12.5 Å². The van der Waals surface area contributed by atoms with Gasteiger partial charge in [0.1, 0.15) is 0 Å². The lowest BCUT2D eigenvalue weighted by molar-refractivity contribution is 0.149. The van der Waals surface area contributed by atoms with Gasteiger partial charge in [-0.2, -0.15) is 0 Å². The van der Waals surface area contributed by atoms with Gasteiger partial charge in [-0.25, -0.2) is 4.79 Å².